The predicted molar refractivity (Wildman–Crippen MR) is 70.5 cm³/mol. The van der Waals surface area contributed by atoms with Crippen LogP contribution in [0, 0.1) is 6.92 Å². The Labute approximate surface area is 111 Å². The fourth-order valence-corrected chi connectivity index (χ4v) is 2.39. The van der Waals surface area contributed by atoms with Crippen LogP contribution in [0.15, 0.2) is 6.07 Å². The van der Waals surface area contributed by atoms with E-state index in [1.165, 1.54) is 11.3 Å². The van der Waals surface area contributed by atoms with Gasteiger partial charge in [0.1, 0.15) is 17.3 Å². The third kappa shape index (κ3) is 3.06. The van der Waals surface area contributed by atoms with Gasteiger partial charge in [-0.15, -0.1) is 11.3 Å². The zero-order chi connectivity index (χ0) is 14.0. The molecule has 0 aliphatic carbocycles. The van der Waals surface area contributed by atoms with Crippen LogP contribution < -0.4 is 16.6 Å². The van der Waals surface area contributed by atoms with Crippen molar-refractivity contribution >= 4 is 33.3 Å². The number of nitrogens with two attached hydrogens (primary N) is 1. The fraction of sp³-hybridized carbons (Fsp3) is 0.400. The lowest BCUT2D eigenvalue weighted by atomic mass is 10.3. The molecule has 104 valence electrons. The van der Waals surface area contributed by atoms with E-state index in [2.05, 4.69) is 20.7 Å². The second kappa shape index (κ2) is 5.19. The summed E-state index contributed by atoms with van der Waals surface area (Å²) in [6.45, 7) is -0.0542. The summed E-state index contributed by atoms with van der Waals surface area (Å²) in [4.78, 5) is 9.77. The van der Waals surface area contributed by atoms with Gasteiger partial charge in [0.2, 0.25) is 5.95 Å². The molecule has 9 heteroatoms. The first-order chi connectivity index (χ1) is 8.95. The van der Waals surface area contributed by atoms with E-state index in [1.807, 2.05) is 6.92 Å². The molecule has 0 aromatic carbocycles. The molecule has 2 aromatic heterocycles. The molecule has 19 heavy (non-hydrogen) atoms. The Hall–Kier alpha value is -1.58. The first kappa shape index (κ1) is 13.8. The van der Waals surface area contributed by atoms with Crippen LogP contribution in [0.25, 0.3) is 10.2 Å². The SMILES string of the molecule is Cc1cc2c(NCC(F)(F)CO)nc(NN)nc2s1. The van der Waals surface area contributed by atoms with Crippen LogP contribution in [0.4, 0.5) is 20.5 Å². The molecule has 0 saturated heterocycles. The average Bonchev–Trinajstić information content (AvgIpc) is 2.76. The van der Waals surface area contributed by atoms with E-state index in [-0.39, 0.29) is 11.8 Å². The Kier molecular flexibility index (Phi) is 3.78. The summed E-state index contributed by atoms with van der Waals surface area (Å²) in [5, 5.41) is 11.7. The summed E-state index contributed by atoms with van der Waals surface area (Å²) < 4.78 is 26.1. The van der Waals surface area contributed by atoms with E-state index in [4.69, 9.17) is 10.9 Å². The third-order valence-electron chi connectivity index (χ3n) is 2.39. The minimum absolute atomic E-state index is 0.143. The molecule has 0 aliphatic rings. The number of hydrogen-bond acceptors (Lipinski definition) is 7. The van der Waals surface area contributed by atoms with Crippen molar-refractivity contribution < 1.29 is 13.9 Å². The van der Waals surface area contributed by atoms with E-state index >= 15 is 0 Å². The molecule has 0 amide bonds. The molecule has 6 nitrogen and oxygen atoms in total. The third-order valence-corrected chi connectivity index (χ3v) is 3.34. The van der Waals surface area contributed by atoms with Crippen molar-refractivity contribution in [1.29, 1.82) is 0 Å². The molecule has 0 bridgehead atoms. The number of halogens is 2. The van der Waals surface area contributed by atoms with Crippen molar-refractivity contribution in [3.8, 4) is 0 Å². The number of fused-ring (bicyclic) bond motifs is 1. The van der Waals surface area contributed by atoms with Gasteiger partial charge in [0.05, 0.1) is 11.9 Å². The molecular formula is C10H13F2N5OS. The van der Waals surface area contributed by atoms with Crippen LogP contribution in [0.3, 0.4) is 0 Å². The Morgan fingerprint density at radius 1 is 1.47 bits per heavy atom. The first-order valence-corrected chi connectivity index (χ1v) is 6.24. The number of alkyl halides is 2. The number of aliphatic hydroxyl groups excluding tert-OH is 1. The molecule has 0 saturated carbocycles. The lowest BCUT2D eigenvalue weighted by molar-refractivity contribution is -0.0373. The molecule has 0 aliphatic heterocycles. The number of nitrogens with one attached hydrogen (secondary N) is 2. The summed E-state index contributed by atoms with van der Waals surface area (Å²) in [5.74, 6) is 2.43. The zero-order valence-electron chi connectivity index (χ0n) is 10.1. The standard InChI is InChI=1S/C10H13F2N5OS/c1-5-2-6-7(14-3-10(11,12)4-18)15-9(17-13)16-8(6)19-5/h2,18H,3-4,13H2,1H3,(H2,14,15,16,17). The maximum atomic E-state index is 13.0. The largest absolute Gasteiger partial charge is 0.390 e. The number of thiophene rings is 1. The Balaban J connectivity index is 2.35. The van der Waals surface area contributed by atoms with Crippen molar-refractivity contribution in [3.05, 3.63) is 10.9 Å². The molecule has 0 unspecified atom stereocenters. The smallest absolute Gasteiger partial charge is 0.287 e. The van der Waals surface area contributed by atoms with Crippen LogP contribution in [-0.4, -0.2) is 34.1 Å². The summed E-state index contributed by atoms with van der Waals surface area (Å²) in [6, 6.07) is 1.81. The minimum Gasteiger partial charge on any atom is -0.390 e. The topological polar surface area (TPSA) is 96.1 Å². The van der Waals surface area contributed by atoms with Crippen molar-refractivity contribution in [3.63, 3.8) is 0 Å². The molecule has 2 heterocycles. The number of anilines is 2. The van der Waals surface area contributed by atoms with Crippen LogP contribution in [0.5, 0.6) is 0 Å². The van der Waals surface area contributed by atoms with Gasteiger partial charge in [-0.25, -0.2) is 19.6 Å². The normalized spacial score (nSPS) is 11.8. The number of rotatable bonds is 5. The molecule has 0 radical (unpaired) electrons. The first-order valence-electron chi connectivity index (χ1n) is 5.42. The van der Waals surface area contributed by atoms with Gasteiger partial charge in [-0.1, -0.05) is 0 Å². The number of aryl methyl sites for hydroxylation is 1. The van der Waals surface area contributed by atoms with Gasteiger partial charge in [0.15, 0.2) is 0 Å². The van der Waals surface area contributed by atoms with Crippen molar-refractivity contribution in [1.82, 2.24) is 9.97 Å². The van der Waals surface area contributed by atoms with E-state index in [9.17, 15) is 8.78 Å². The van der Waals surface area contributed by atoms with Gasteiger partial charge < -0.3 is 10.4 Å². The number of nitrogen functional groups attached to an aromatic ring is 1. The van der Waals surface area contributed by atoms with Crippen LogP contribution in [0.2, 0.25) is 0 Å². The van der Waals surface area contributed by atoms with Crippen molar-refractivity contribution in [2.75, 3.05) is 23.9 Å². The molecular weight excluding hydrogens is 276 g/mol. The van der Waals surface area contributed by atoms with Gasteiger partial charge in [0, 0.05) is 4.88 Å². The van der Waals surface area contributed by atoms with Crippen LogP contribution in [0.1, 0.15) is 4.88 Å². The maximum absolute atomic E-state index is 13.0. The second-order valence-corrected chi connectivity index (χ2v) is 5.22. The highest BCUT2D eigenvalue weighted by molar-refractivity contribution is 7.18. The monoisotopic (exact) mass is 289 g/mol. The highest BCUT2D eigenvalue weighted by Crippen LogP contribution is 2.29. The molecule has 2 rings (SSSR count). The molecule has 5 N–H and O–H groups in total. The highest BCUT2D eigenvalue weighted by Gasteiger charge is 2.28. The number of aromatic nitrogens is 2. The minimum atomic E-state index is -3.21. The zero-order valence-corrected chi connectivity index (χ0v) is 10.9. The van der Waals surface area contributed by atoms with E-state index in [0.29, 0.717) is 10.2 Å². The van der Waals surface area contributed by atoms with Gasteiger partial charge in [-0.05, 0) is 13.0 Å². The van der Waals surface area contributed by atoms with Gasteiger partial charge in [-0.2, -0.15) is 4.98 Å². The fourth-order valence-electron chi connectivity index (χ4n) is 1.51. The van der Waals surface area contributed by atoms with E-state index < -0.39 is 19.1 Å². The van der Waals surface area contributed by atoms with Crippen molar-refractivity contribution in [2.45, 2.75) is 12.8 Å². The number of aliphatic hydroxyl groups is 1. The summed E-state index contributed by atoms with van der Waals surface area (Å²) in [5.41, 5.74) is 2.29. The number of hydrogen-bond donors (Lipinski definition) is 4. The van der Waals surface area contributed by atoms with Crippen molar-refractivity contribution in [2.24, 2.45) is 5.84 Å². The van der Waals surface area contributed by atoms with E-state index in [1.54, 1.807) is 6.07 Å². The molecule has 0 fully saturated rings. The Morgan fingerprint density at radius 3 is 2.84 bits per heavy atom. The summed E-state index contributed by atoms with van der Waals surface area (Å²) in [7, 11) is 0. The van der Waals surface area contributed by atoms with E-state index in [0.717, 1.165) is 4.88 Å². The Morgan fingerprint density at radius 2 is 2.21 bits per heavy atom. The van der Waals surface area contributed by atoms with Gasteiger partial charge in [-0.3, -0.25) is 5.43 Å². The number of hydrazine groups is 1. The highest BCUT2D eigenvalue weighted by atomic mass is 32.1. The summed E-state index contributed by atoms with van der Waals surface area (Å²) >= 11 is 1.41. The molecule has 0 atom stereocenters. The molecule has 2 aromatic rings. The van der Waals surface area contributed by atoms with Gasteiger partial charge >= 0.3 is 0 Å². The average molecular weight is 289 g/mol. The Bertz CT molecular complexity index is 589. The number of nitrogens with zero attached hydrogens (tertiary/aromatic N) is 2. The second-order valence-electron chi connectivity index (χ2n) is 3.98. The lowest BCUT2D eigenvalue weighted by Crippen LogP contribution is -2.31. The lowest BCUT2D eigenvalue weighted by Gasteiger charge is -2.15. The quantitative estimate of drug-likeness (QED) is 0.490. The van der Waals surface area contributed by atoms with Gasteiger partial charge in [0.25, 0.3) is 5.92 Å². The van der Waals surface area contributed by atoms with Crippen LogP contribution in [-0.2, 0) is 0 Å². The van der Waals surface area contributed by atoms with Crippen LogP contribution >= 0.6 is 11.3 Å². The molecule has 0 spiro atoms. The predicted octanol–water partition coefficient (Wildman–Crippen LogP) is 1.32. The summed E-state index contributed by atoms with van der Waals surface area (Å²) in [6.07, 6.45) is 0. The maximum Gasteiger partial charge on any atom is 0.287 e.